The standard InChI is InChI=1S/C15H26N2O3/c1-20-8-10(18)7-16-15(19)17-14-6-9-5-13(14)12-4-2-3-11(9)12/h9-14,18H,2-8H2,1H3,(H2,16,17,19). The smallest absolute Gasteiger partial charge is 0.315 e. The number of amides is 2. The Hall–Kier alpha value is -0.810. The van der Waals surface area contributed by atoms with E-state index >= 15 is 0 Å². The molecule has 3 rings (SSSR count). The molecule has 0 aliphatic heterocycles. The minimum Gasteiger partial charge on any atom is -0.389 e. The van der Waals surface area contributed by atoms with E-state index in [0.29, 0.717) is 12.0 Å². The van der Waals surface area contributed by atoms with E-state index in [1.165, 1.54) is 32.8 Å². The highest BCUT2D eigenvalue weighted by Gasteiger charge is 2.53. The molecular formula is C15H26N2O3. The van der Waals surface area contributed by atoms with Gasteiger partial charge in [0.15, 0.2) is 0 Å². The van der Waals surface area contributed by atoms with Gasteiger partial charge in [0, 0.05) is 19.7 Å². The van der Waals surface area contributed by atoms with Gasteiger partial charge in [-0.25, -0.2) is 4.79 Å². The molecule has 5 heteroatoms. The highest BCUT2D eigenvalue weighted by Crippen LogP contribution is 2.58. The van der Waals surface area contributed by atoms with Crippen LogP contribution < -0.4 is 10.6 Å². The van der Waals surface area contributed by atoms with Crippen LogP contribution in [0.3, 0.4) is 0 Å². The van der Waals surface area contributed by atoms with E-state index in [4.69, 9.17) is 4.74 Å². The molecule has 3 fully saturated rings. The average molecular weight is 282 g/mol. The van der Waals surface area contributed by atoms with Crippen molar-refractivity contribution < 1.29 is 14.6 Å². The molecule has 114 valence electrons. The first-order valence-corrected chi connectivity index (χ1v) is 7.90. The minimum absolute atomic E-state index is 0.146. The Morgan fingerprint density at radius 1 is 1.30 bits per heavy atom. The Morgan fingerprint density at radius 3 is 2.90 bits per heavy atom. The molecule has 3 N–H and O–H groups in total. The Labute approximate surface area is 120 Å². The van der Waals surface area contributed by atoms with E-state index in [9.17, 15) is 9.90 Å². The monoisotopic (exact) mass is 282 g/mol. The first kappa shape index (κ1) is 14.1. The van der Waals surface area contributed by atoms with Crippen LogP contribution in [0.15, 0.2) is 0 Å². The van der Waals surface area contributed by atoms with Gasteiger partial charge >= 0.3 is 6.03 Å². The van der Waals surface area contributed by atoms with Gasteiger partial charge in [-0.1, -0.05) is 6.42 Å². The van der Waals surface area contributed by atoms with Crippen molar-refractivity contribution in [3.8, 4) is 0 Å². The van der Waals surface area contributed by atoms with Crippen molar-refractivity contribution in [3.05, 3.63) is 0 Å². The Morgan fingerprint density at radius 2 is 2.10 bits per heavy atom. The number of fused-ring (bicyclic) bond motifs is 5. The number of hydrogen-bond donors (Lipinski definition) is 3. The molecule has 0 spiro atoms. The second kappa shape index (κ2) is 5.90. The van der Waals surface area contributed by atoms with Crippen LogP contribution in [0.1, 0.15) is 32.1 Å². The third-order valence-corrected chi connectivity index (χ3v) is 5.60. The first-order valence-electron chi connectivity index (χ1n) is 7.90. The zero-order chi connectivity index (χ0) is 14.1. The SMILES string of the molecule is COCC(O)CNC(=O)NC1CC2CC1C1CCCC21. The molecule has 0 heterocycles. The highest BCUT2D eigenvalue weighted by atomic mass is 16.5. The maximum Gasteiger partial charge on any atom is 0.315 e. The number of carbonyl (C=O) groups is 1. The van der Waals surface area contributed by atoms with Crippen molar-refractivity contribution in [2.75, 3.05) is 20.3 Å². The number of nitrogens with one attached hydrogen (secondary N) is 2. The topological polar surface area (TPSA) is 70.6 Å². The van der Waals surface area contributed by atoms with E-state index in [2.05, 4.69) is 10.6 Å². The molecule has 0 aromatic carbocycles. The summed E-state index contributed by atoms with van der Waals surface area (Å²) in [4.78, 5) is 11.9. The second-order valence-corrected chi connectivity index (χ2v) is 6.72. The van der Waals surface area contributed by atoms with Crippen LogP contribution in [-0.2, 0) is 4.74 Å². The summed E-state index contributed by atoms with van der Waals surface area (Å²) in [6.45, 7) is 0.491. The van der Waals surface area contributed by atoms with Crippen LogP contribution >= 0.6 is 0 Å². The van der Waals surface area contributed by atoms with Crippen LogP contribution in [0.2, 0.25) is 0 Å². The molecule has 3 saturated carbocycles. The van der Waals surface area contributed by atoms with Crippen molar-refractivity contribution in [1.29, 1.82) is 0 Å². The highest BCUT2D eigenvalue weighted by molar-refractivity contribution is 5.74. The quantitative estimate of drug-likeness (QED) is 0.707. The van der Waals surface area contributed by atoms with Gasteiger partial charge in [0.2, 0.25) is 0 Å². The number of aliphatic hydroxyl groups excluding tert-OH is 1. The van der Waals surface area contributed by atoms with E-state index in [-0.39, 0.29) is 19.2 Å². The molecule has 3 aliphatic carbocycles. The summed E-state index contributed by atoms with van der Waals surface area (Å²) in [6.07, 6.45) is 5.98. The minimum atomic E-state index is -0.634. The van der Waals surface area contributed by atoms with Gasteiger partial charge in [0.05, 0.1) is 12.7 Å². The fourth-order valence-electron chi connectivity index (χ4n) is 4.92. The summed E-state index contributed by atoms with van der Waals surface area (Å²) in [7, 11) is 1.54. The number of rotatable bonds is 5. The van der Waals surface area contributed by atoms with Gasteiger partial charge < -0.3 is 20.5 Å². The van der Waals surface area contributed by atoms with Gasteiger partial charge in [-0.3, -0.25) is 0 Å². The third-order valence-electron chi connectivity index (χ3n) is 5.60. The number of hydrogen-bond acceptors (Lipinski definition) is 3. The molecule has 2 bridgehead atoms. The van der Waals surface area contributed by atoms with Gasteiger partial charge in [-0.2, -0.15) is 0 Å². The molecule has 3 aliphatic rings. The average Bonchev–Trinajstić information content (AvgIpc) is 3.08. The Bertz CT molecular complexity index is 363. The lowest BCUT2D eigenvalue weighted by atomic mass is 9.79. The van der Waals surface area contributed by atoms with Gasteiger partial charge in [0.1, 0.15) is 0 Å². The Balaban J connectivity index is 1.44. The molecular weight excluding hydrogens is 256 g/mol. The molecule has 0 saturated heterocycles. The van der Waals surface area contributed by atoms with E-state index in [0.717, 1.165) is 24.2 Å². The first-order chi connectivity index (χ1) is 9.69. The molecule has 6 unspecified atom stereocenters. The maximum atomic E-state index is 11.9. The van der Waals surface area contributed by atoms with Crippen LogP contribution in [0.4, 0.5) is 4.79 Å². The molecule has 20 heavy (non-hydrogen) atoms. The normalized spacial score (nSPS) is 39.6. The lowest BCUT2D eigenvalue weighted by molar-refractivity contribution is 0.0657. The van der Waals surface area contributed by atoms with Crippen LogP contribution in [-0.4, -0.2) is 43.5 Å². The van der Waals surface area contributed by atoms with E-state index in [1.54, 1.807) is 0 Å². The summed E-state index contributed by atoms with van der Waals surface area (Å²) in [5.41, 5.74) is 0. The number of carbonyl (C=O) groups excluding carboxylic acids is 1. The summed E-state index contributed by atoms with van der Waals surface area (Å²) < 4.78 is 4.84. The van der Waals surface area contributed by atoms with Crippen LogP contribution in [0.25, 0.3) is 0 Å². The number of aliphatic hydroxyl groups is 1. The molecule has 2 amide bonds. The second-order valence-electron chi connectivity index (χ2n) is 6.72. The predicted molar refractivity (Wildman–Crippen MR) is 75.3 cm³/mol. The zero-order valence-corrected chi connectivity index (χ0v) is 12.2. The van der Waals surface area contributed by atoms with Crippen molar-refractivity contribution in [1.82, 2.24) is 10.6 Å². The zero-order valence-electron chi connectivity index (χ0n) is 12.2. The van der Waals surface area contributed by atoms with Crippen molar-refractivity contribution in [2.24, 2.45) is 23.7 Å². The lowest BCUT2D eigenvalue weighted by Crippen LogP contribution is -2.48. The molecule has 0 aromatic rings. The number of methoxy groups -OCH3 is 1. The van der Waals surface area contributed by atoms with Crippen LogP contribution in [0.5, 0.6) is 0 Å². The maximum absolute atomic E-state index is 11.9. The fourth-order valence-corrected chi connectivity index (χ4v) is 4.92. The van der Waals surface area contributed by atoms with Crippen molar-refractivity contribution in [3.63, 3.8) is 0 Å². The van der Waals surface area contributed by atoms with E-state index < -0.39 is 6.10 Å². The summed E-state index contributed by atoms with van der Waals surface area (Å²) in [5.74, 6) is 3.35. The lowest BCUT2D eigenvalue weighted by Gasteiger charge is -2.32. The van der Waals surface area contributed by atoms with Gasteiger partial charge in [-0.15, -0.1) is 0 Å². The third kappa shape index (κ3) is 2.66. The van der Waals surface area contributed by atoms with Gasteiger partial charge in [-0.05, 0) is 49.4 Å². The Kier molecular flexibility index (Phi) is 4.17. The number of ether oxygens (including phenoxy) is 1. The fraction of sp³-hybridized carbons (Fsp3) is 0.933. The van der Waals surface area contributed by atoms with Crippen molar-refractivity contribution >= 4 is 6.03 Å². The molecule has 0 aromatic heterocycles. The van der Waals surface area contributed by atoms with E-state index in [1.807, 2.05) is 0 Å². The van der Waals surface area contributed by atoms with Gasteiger partial charge in [0.25, 0.3) is 0 Å². The largest absolute Gasteiger partial charge is 0.389 e. The molecule has 0 radical (unpaired) electrons. The predicted octanol–water partition coefficient (Wildman–Crippen LogP) is 1.12. The van der Waals surface area contributed by atoms with Crippen LogP contribution in [0, 0.1) is 23.7 Å². The summed E-state index contributed by atoms with van der Waals surface area (Å²) in [6, 6.07) is 0.200. The van der Waals surface area contributed by atoms with Crippen molar-refractivity contribution in [2.45, 2.75) is 44.2 Å². The summed E-state index contributed by atoms with van der Waals surface area (Å²) in [5, 5.41) is 15.4. The summed E-state index contributed by atoms with van der Waals surface area (Å²) >= 11 is 0. The molecule has 5 nitrogen and oxygen atoms in total. The number of urea groups is 1. The molecule has 6 atom stereocenters.